The lowest BCUT2D eigenvalue weighted by atomic mass is 10.2. The molecule has 1 fully saturated rings. The third kappa shape index (κ3) is 2.39. The summed E-state index contributed by atoms with van der Waals surface area (Å²) in [6.45, 7) is -0.0925. The van der Waals surface area contributed by atoms with Crippen molar-refractivity contribution in [3.8, 4) is 0 Å². The summed E-state index contributed by atoms with van der Waals surface area (Å²) >= 11 is 2.36. The molecule has 0 aliphatic heterocycles. The van der Waals surface area contributed by atoms with Crippen LogP contribution in [0.5, 0.6) is 0 Å². The molecule has 3 heteroatoms. The zero-order chi connectivity index (χ0) is 6.91. The summed E-state index contributed by atoms with van der Waals surface area (Å²) in [5.41, 5.74) is 0. The van der Waals surface area contributed by atoms with E-state index in [2.05, 4.69) is 22.6 Å². The maximum atomic E-state index is 8.98. The highest BCUT2D eigenvalue weighted by Crippen LogP contribution is 2.48. The Hall–Kier alpha value is 0.650. The topological polar surface area (TPSA) is 40.5 Å². The van der Waals surface area contributed by atoms with Crippen LogP contribution in [-0.2, 0) is 0 Å². The van der Waals surface area contributed by atoms with Crippen LogP contribution in [0.4, 0.5) is 0 Å². The second kappa shape index (κ2) is 2.72. The summed E-state index contributed by atoms with van der Waals surface area (Å²) in [6, 6.07) is 0. The number of halogens is 1. The van der Waals surface area contributed by atoms with Gasteiger partial charge in [0.15, 0.2) is 0 Å². The Balaban J connectivity index is 2.17. The highest BCUT2D eigenvalue weighted by molar-refractivity contribution is 14.1. The van der Waals surface area contributed by atoms with E-state index in [9.17, 15) is 0 Å². The van der Waals surface area contributed by atoms with Gasteiger partial charge in [0.2, 0.25) is 0 Å². The minimum Gasteiger partial charge on any atom is -0.394 e. The molecular formula is C6H11IO2. The lowest BCUT2D eigenvalue weighted by molar-refractivity contribution is 0.0875. The number of rotatable bonds is 3. The van der Waals surface area contributed by atoms with Crippen molar-refractivity contribution in [3.05, 3.63) is 0 Å². The predicted molar refractivity (Wildman–Crippen MR) is 43.7 cm³/mol. The Morgan fingerprint density at radius 1 is 1.56 bits per heavy atom. The summed E-state index contributed by atoms with van der Waals surface area (Å²) in [5, 5.41) is 17.5. The van der Waals surface area contributed by atoms with Crippen LogP contribution >= 0.6 is 22.6 Å². The van der Waals surface area contributed by atoms with Crippen LogP contribution < -0.4 is 0 Å². The van der Waals surface area contributed by atoms with Crippen LogP contribution in [0.3, 0.4) is 0 Å². The molecule has 1 atom stereocenters. The van der Waals surface area contributed by atoms with Crippen LogP contribution in [0.2, 0.25) is 0 Å². The van der Waals surface area contributed by atoms with E-state index in [1.165, 1.54) is 12.8 Å². The molecular weight excluding hydrogens is 231 g/mol. The molecule has 0 heterocycles. The lowest BCUT2D eigenvalue weighted by Crippen LogP contribution is -2.17. The van der Waals surface area contributed by atoms with Gasteiger partial charge in [-0.3, -0.25) is 0 Å². The van der Waals surface area contributed by atoms with Crippen molar-refractivity contribution in [2.45, 2.75) is 28.8 Å². The zero-order valence-corrected chi connectivity index (χ0v) is 7.34. The fraction of sp³-hybridized carbons (Fsp3) is 1.00. The molecule has 1 rings (SSSR count). The third-order valence-corrected chi connectivity index (χ3v) is 3.12. The van der Waals surface area contributed by atoms with Crippen molar-refractivity contribution >= 4 is 22.6 Å². The molecule has 9 heavy (non-hydrogen) atoms. The van der Waals surface area contributed by atoms with E-state index < -0.39 is 6.10 Å². The molecule has 1 aliphatic carbocycles. The molecule has 1 unspecified atom stereocenters. The van der Waals surface area contributed by atoms with Crippen molar-refractivity contribution in [1.82, 2.24) is 0 Å². The van der Waals surface area contributed by atoms with Gasteiger partial charge in [0.25, 0.3) is 0 Å². The molecule has 0 amide bonds. The first-order valence-electron chi connectivity index (χ1n) is 3.14. The van der Waals surface area contributed by atoms with E-state index in [-0.39, 0.29) is 6.61 Å². The number of aliphatic hydroxyl groups is 2. The van der Waals surface area contributed by atoms with E-state index in [4.69, 9.17) is 10.2 Å². The molecule has 0 saturated heterocycles. The Morgan fingerprint density at radius 3 is 2.44 bits per heavy atom. The Kier molecular flexibility index (Phi) is 2.34. The van der Waals surface area contributed by atoms with Gasteiger partial charge in [-0.25, -0.2) is 0 Å². The predicted octanol–water partition coefficient (Wildman–Crippen LogP) is 0.697. The fourth-order valence-electron chi connectivity index (χ4n) is 0.827. The van der Waals surface area contributed by atoms with Crippen LogP contribution in [-0.4, -0.2) is 26.3 Å². The van der Waals surface area contributed by atoms with Crippen LogP contribution in [0, 0.1) is 0 Å². The largest absolute Gasteiger partial charge is 0.394 e. The average molecular weight is 242 g/mol. The first kappa shape index (κ1) is 7.75. The summed E-state index contributed by atoms with van der Waals surface area (Å²) in [5.74, 6) is 0. The molecule has 0 bridgehead atoms. The van der Waals surface area contributed by atoms with Crippen molar-refractivity contribution in [1.29, 1.82) is 0 Å². The smallest absolute Gasteiger partial charge is 0.0783 e. The van der Waals surface area contributed by atoms with Crippen molar-refractivity contribution in [3.63, 3.8) is 0 Å². The minimum atomic E-state index is -0.496. The normalized spacial score (nSPS) is 25.7. The van der Waals surface area contributed by atoms with Gasteiger partial charge in [0, 0.05) is 3.42 Å². The number of aliphatic hydroxyl groups excluding tert-OH is 2. The Morgan fingerprint density at radius 2 is 2.11 bits per heavy atom. The quantitative estimate of drug-likeness (QED) is 0.564. The maximum Gasteiger partial charge on any atom is 0.0783 e. The van der Waals surface area contributed by atoms with Gasteiger partial charge in [-0.05, 0) is 19.3 Å². The van der Waals surface area contributed by atoms with Crippen LogP contribution in [0.15, 0.2) is 0 Å². The monoisotopic (exact) mass is 242 g/mol. The summed E-state index contributed by atoms with van der Waals surface area (Å²) in [7, 11) is 0. The highest BCUT2D eigenvalue weighted by atomic mass is 127. The SMILES string of the molecule is OCC(O)CC1(I)CC1. The van der Waals surface area contributed by atoms with Gasteiger partial charge in [-0.2, -0.15) is 0 Å². The molecule has 0 spiro atoms. The maximum absolute atomic E-state index is 8.98. The molecule has 0 aromatic carbocycles. The molecule has 0 radical (unpaired) electrons. The van der Waals surface area contributed by atoms with Gasteiger partial charge in [-0.1, -0.05) is 22.6 Å². The highest BCUT2D eigenvalue weighted by Gasteiger charge is 2.40. The summed E-state index contributed by atoms with van der Waals surface area (Å²) in [4.78, 5) is 0. The molecule has 0 aromatic rings. The van der Waals surface area contributed by atoms with E-state index in [1.807, 2.05) is 0 Å². The Bertz CT molecular complexity index is 101. The average Bonchev–Trinajstić information content (AvgIpc) is 2.48. The standard InChI is InChI=1S/C6H11IO2/c7-6(1-2-6)3-5(9)4-8/h5,8-9H,1-4H2. The van der Waals surface area contributed by atoms with Gasteiger partial charge in [0.1, 0.15) is 0 Å². The minimum absolute atomic E-state index is 0.0925. The van der Waals surface area contributed by atoms with E-state index in [1.54, 1.807) is 0 Å². The molecule has 2 nitrogen and oxygen atoms in total. The summed E-state index contributed by atoms with van der Waals surface area (Å²) < 4.78 is 0.333. The lowest BCUT2D eigenvalue weighted by Gasteiger charge is -2.09. The Labute approximate surface area is 68.4 Å². The fourth-order valence-corrected chi connectivity index (χ4v) is 1.60. The first-order valence-corrected chi connectivity index (χ1v) is 4.22. The molecule has 54 valence electrons. The second-order valence-electron chi connectivity index (χ2n) is 2.69. The van der Waals surface area contributed by atoms with Crippen molar-refractivity contribution < 1.29 is 10.2 Å². The zero-order valence-electron chi connectivity index (χ0n) is 5.18. The van der Waals surface area contributed by atoms with Crippen LogP contribution in [0.25, 0.3) is 0 Å². The first-order chi connectivity index (χ1) is 4.16. The van der Waals surface area contributed by atoms with E-state index >= 15 is 0 Å². The van der Waals surface area contributed by atoms with Gasteiger partial charge >= 0.3 is 0 Å². The number of hydrogen-bond donors (Lipinski definition) is 2. The van der Waals surface area contributed by atoms with Crippen LogP contribution in [0.1, 0.15) is 19.3 Å². The van der Waals surface area contributed by atoms with E-state index in [0.717, 1.165) is 6.42 Å². The molecule has 2 N–H and O–H groups in total. The van der Waals surface area contributed by atoms with E-state index in [0.29, 0.717) is 3.42 Å². The number of hydrogen-bond acceptors (Lipinski definition) is 2. The number of alkyl halides is 1. The van der Waals surface area contributed by atoms with Crippen molar-refractivity contribution in [2.75, 3.05) is 6.61 Å². The third-order valence-electron chi connectivity index (χ3n) is 1.60. The molecule has 1 saturated carbocycles. The van der Waals surface area contributed by atoms with Crippen molar-refractivity contribution in [2.24, 2.45) is 0 Å². The second-order valence-corrected chi connectivity index (χ2v) is 4.98. The van der Waals surface area contributed by atoms with Gasteiger partial charge in [0.05, 0.1) is 12.7 Å². The molecule has 0 aromatic heterocycles. The van der Waals surface area contributed by atoms with Gasteiger partial charge < -0.3 is 10.2 Å². The van der Waals surface area contributed by atoms with Gasteiger partial charge in [-0.15, -0.1) is 0 Å². The summed E-state index contributed by atoms with van der Waals surface area (Å²) in [6.07, 6.45) is 2.66. The molecule has 1 aliphatic rings.